The van der Waals surface area contributed by atoms with Gasteiger partial charge in [0.2, 0.25) is 0 Å². The quantitative estimate of drug-likeness (QED) is 0.859. The van der Waals surface area contributed by atoms with Crippen LogP contribution in [0.15, 0.2) is 0 Å². The van der Waals surface area contributed by atoms with Crippen molar-refractivity contribution in [3.63, 3.8) is 0 Å². The molecule has 1 fully saturated rings. The van der Waals surface area contributed by atoms with E-state index in [0.29, 0.717) is 0 Å². The van der Waals surface area contributed by atoms with Crippen LogP contribution in [-0.4, -0.2) is 28.5 Å². The van der Waals surface area contributed by atoms with Crippen molar-refractivity contribution < 1.29 is 4.74 Å². The lowest BCUT2D eigenvalue weighted by Crippen LogP contribution is -2.43. The average molecular weight is 252 g/mol. The van der Waals surface area contributed by atoms with E-state index in [0.717, 1.165) is 56.1 Å². The SMILES string of the molecule is CCCc1nn(C)c(NC2(C)CCCOC2)c1N. The molecule has 5 nitrogen and oxygen atoms in total. The Morgan fingerprint density at radius 3 is 2.94 bits per heavy atom. The van der Waals surface area contributed by atoms with Crippen molar-refractivity contribution in [1.82, 2.24) is 9.78 Å². The van der Waals surface area contributed by atoms with E-state index in [1.54, 1.807) is 0 Å². The molecule has 0 bridgehead atoms. The summed E-state index contributed by atoms with van der Waals surface area (Å²) in [7, 11) is 1.94. The van der Waals surface area contributed by atoms with Crippen molar-refractivity contribution in [3.05, 3.63) is 5.69 Å². The molecule has 3 N–H and O–H groups in total. The number of nitrogens with two attached hydrogens (primary N) is 1. The molecule has 1 aliphatic heterocycles. The highest BCUT2D eigenvalue weighted by Gasteiger charge is 2.29. The largest absolute Gasteiger partial charge is 0.394 e. The van der Waals surface area contributed by atoms with Crippen LogP contribution in [0.2, 0.25) is 0 Å². The van der Waals surface area contributed by atoms with Gasteiger partial charge in [-0.05, 0) is 26.2 Å². The topological polar surface area (TPSA) is 65.1 Å². The number of hydrogen-bond donors (Lipinski definition) is 2. The van der Waals surface area contributed by atoms with Gasteiger partial charge in [0.15, 0.2) is 0 Å². The summed E-state index contributed by atoms with van der Waals surface area (Å²) in [5, 5.41) is 8.01. The average Bonchev–Trinajstić information content (AvgIpc) is 2.58. The summed E-state index contributed by atoms with van der Waals surface area (Å²) in [6, 6.07) is 0. The molecule has 2 rings (SSSR count). The Labute approximate surface area is 109 Å². The minimum Gasteiger partial charge on any atom is -0.394 e. The molecule has 1 aliphatic rings. The van der Waals surface area contributed by atoms with Gasteiger partial charge in [0.1, 0.15) is 5.82 Å². The molecule has 1 unspecified atom stereocenters. The van der Waals surface area contributed by atoms with Gasteiger partial charge in [-0.1, -0.05) is 13.3 Å². The Kier molecular flexibility index (Phi) is 3.80. The van der Waals surface area contributed by atoms with Crippen LogP contribution in [0.3, 0.4) is 0 Å². The van der Waals surface area contributed by atoms with E-state index in [-0.39, 0.29) is 5.54 Å². The fraction of sp³-hybridized carbons (Fsp3) is 0.769. The number of anilines is 2. The molecular weight excluding hydrogens is 228 g/mol. The molecule has 0 spiro atoms. The minimum absolute atomic E-state index is 0.0380. The molecule has 0 amide bonds. The third-order valence-electron chi connectivity index (χ3n) is 3.51. The van der Waals surface area contributed by atoms with Crippen LogP contribution < -0.4 is 11.1 Å². The fourth-order valence-electron chi connectivity index (χ4n) is 2.48. The van der Waals surface area contributed by atoms with E-state index in [2.05, 4.69) is 24.3 Å². The zero-order valence-corrected chi connectivity index (χ0v) is 11.6. The van der Waals surface area contributed by atoms with Gasteiger partial charge in [-0.15, -0.1) is 0 Å². The summed E-state index contributed by atoms with van der Waals surface area (Å²) in [6.45, 7) is 5.90. The lowest BCUT2D eigenvalue weighted by atomic mass is 9.95. The molecule has 1 saturated heterocycles. The van der Waals surface area contributed by atoms with Crippen LogP contribution in [-0.2, 0) is 18.2 Å². The molecule has 1 aromatic rings. The van der Waals surface area contributed by atoms with Gasteiger partial charge in [-0.3, -0.25) is 4.68 Å². The van der Waals surface area contributed by atoms with E-state index in [1.807, 2.05) is 11.7 Å². The molecule has 0 radical (unpaired) electrons. The normalized spacial score (nSPS) is 24.2. The zero-order chi connectivity index (χ0) is 13.2. The molecule has 1 aromatic heterocycles. The first-order valence-electron chi connectivity index (χ1n) is 6.73. The van der Waals surface area contributed by atoms with E-state index < -0.39 is 0 Å². The van der Waals surface area contributed by atoms with Gasteiger partial charge in [0.05, 0.1) is 23.5 Å². The molecule has 5 heteroatoms. The third kappa shape index (κ3) is 2.61. The molecule has 2 heterocycles. The molecule has 0 aromatic carbocycles. The highest BCUT2D eigenvalue weighted by Crippen LogP contribution is 2.29. The lowest BCUT2D eigenvalue weighted by molar-refractivity contribution is 0.0538. The fourth-order valence-corrected chi connectivity index (χ4v) is 2.48. The second kappa shape index (κ2) is 5.18. The number of aromatic nitrogens is 2. The van der Waals surface area contributed by atoms with Crippen molar-refractivity contribution in [1.29, 1.82) is 0 Å². The van der Waals surface area contributed by atoms with Crippen LogP contribution in [0.4, 0.5) is 11.5 Å². The van der Waals surface area contributed by atoms with Crippen molar-refractivity contribution >= 4 is 11.5 Å². The standard InChI is InChI=1S/C13H24N4O/c1-4-6-10-11(14)12(17(3)16-10)15-13(2)7-5-8-18-9-13/h15H,4-9,14H2,1-3H3. The first-order valence-corrected chi connectivity index (χ1v) is 6.73. The number of nitrogens with zero attached hydrogens (tertiary/aromatic N) is 2. The number of aryl methyl sites for hydroxylation is 2. The summed E-state index contributed by atoms with van der Waals surface area (Å²) >= 11 is 0. The van der Waals surface area contributed by atoms with Gasteiger partial charge >= 0.3 is 0 Å². The van der Waals surface area contributed by atoms with Gasteiger partial charge in [0.25, 0.3) is 0 Å². The number of rotatable bonds is 4. The number of ether oxygens (including phenoxy) is 1. The molecule has 0 saturated carbocycles. The molecular formula is C13H24N4O. The maximum absolute atomic E-state index is 6.18. The van der Waals surface area contributed by atoms with E-state index in [4.69, 9.17) is 10.5 Å². The Balaban J connectivity index is 2.17. The van der Waals surface area contributed by atoms with Gasteiger partial charge in [-0.25, -0.2) is 0 Å². The summed E-state index contributed by atoms with van der Waals surface area (Å²) in [5.41, 5.74) is 7.91. The number of nitrogen functional groups attached to an aromatic ring is 1. The monoisotopic (exact) mass is 252 g/mol. The summed E-state index contributed by atoms with van der Waals surface area (Å²) in [4.78, 5) is 0. The Morgan fingerprint density at radius 2 is 2.33 bits per heavy atom. The second-order valence-electron chi connectivity index (χ2n) is 5.42. The Hall–Kier alpha value is -1.23. The van der Waals surface area contributed by atoms with Gasteiger partial charge < -0.3 is 15.8 Å². The van der Waals surface area contributed by atoms with Crippen LogP contribution in [0.5, 0.6) is 0 Å². The highest BCUT2D eigenvalue weighted by molar-refractivity contribution is 5.66. The Bertz CT molecular complexity index is 407. The molecule has 102 valence electrons. The van der Waals surface area contributed by atoms with Gasteiger partial charge in [0, 0.05) is 13.7 Å². The van der Waals surface area contributed by atoms with Crippen LogP contribution in [0.1, 0.15) is 38.8 Å². The lowest BCUT2D eigenvalue weighted by Gasteiger charge is -2.35. The number of hydrogen-bond acceptors (Lipinski definition) is 4. The Morgan fingerprint density at radius 1 is 1.56 bits per heavy atom. The first kappa shape index (κ1) is 13.2. The van der Waals surface area contributed by atoms with Crippen molar-refractivity contribution in [2.45, 2.75) is 45.1 Å². The highest BCUT2D eigenvalue weighted by atomic mass is 16.5. The predicted octanol–water partition coefficient (Wildman–Crippen LogP) is 1.94. The molecule has 1 atom stereocenters. The maximum atomic E-state index is 6.18. The minimum atomic E-state index is -0.0380. The maximum Gasteiger partial charge on any atom is 0.148 e. The van der Waals surface area contributed by atoms with Crippen LogP contribution in [0, 0.1) is 0 Å². The first-order chi connectivity index (χ1) is 8.56. The summed E-state index contributed by atoms with van der Waals surface area (Å²) < 4.78 is 7.41. The van der Waals surface area contributed by atoms with Crippen LogP contribution in [0.25, 0.3) is 0 Å². The van der Waals surface area contributed by atoms with Crippen molar-refractivity contribution in [2.75, 3.05) is 24.3 Å². The predicted molar refractivity (Wildman–Crippen MR) is 73.7 cm³/mol. The van der Waals surface area contributed by atoms with E-state index in [9.17, 15) is 0 Å². The van der Waals surface area contributed by atoms with Crippen molar-refractivity contribution in [3.8, 4) is 0 Å². The van der Waals surface area contributed by atoms with Gasteiger partial charge in [-0.2, -0.15) is 5.10 Å². The van der Waals surface area contributed by atoms with Crippen molar-refractivity contribution in [2.24, 2.45) is 7.05 Å². The third-order valence-corrected chi connectivity index (χ3v) is 3.51. The summed E-state index contributed by atoms with van der Waals surface area (Å²) in [6.07, 6.45) is 4.17. The van der Waals surface area contributed by atoms with Crippen LogP contribution >= 0.6 is 0 Å². The van der Waals surface area contributed by atoms with E-state index >= 15 is 0 Å². The van der Waals surface area contributed by atoms with E-state index in [1.165, 1.54) is 0 Å². The number of nitrogens with one attached hydrogen (secondary N) is 1. The smallest absolute Gasteiger partial charge is 0.148 e. The molecule has 0 aliphatic carbocycles. The zero-order valence-electron chi connectivity index (χ0n) is 11.6. The molecule has 18 heavy (non-hydrogen) atoms. The second-order valence-corrected chi connectivity index (χ2v) is 5.42. The summed E-state index contributed by atoms with van der Waals surface area (Å²) in [5.74, 6) is 0.923.